The fraction of sp³-hybridized carbons (Fsp3) is 0.857. The van der Waals surface area contributed by atoms with Gasteiger partial charge in [-0.1, -0.05) is 13.8 Å². The van der Waals surface area contributed by atoms with E-state index in [1.807, 2.05) is 0 Å². The van der Waals surface area contributed by atoms with Crippen LogP contribution in [0.4, 0.5) is 4.79 Å². The van der Waals surface area contributed by atoms with Crippen LogP contribution in [0.15, 0.2) is 0 Å². The van der Waals surface area contributed by atoms with Crippen molar-refractivity contribution in [1.82, 2.24) is 15.5 Å². The van der Waals surface area contributed by atoms with Gasteiger partial charge in [-0.3, -0.25) is 14.5 Å². The zero-order chi connectivity index (χ0) is 19.4. The first-order chi connectivity index (χ1) is 12.7. The largest absolute Gasteiger partial charge is 0.349 e. The molecule has 4 bridgehead atoms. The minimum Gasteiger partial charge on any atom is -0.349 e. The fourth-order valence-electron chi connectivity index (χ4n) is 6.38. The topological polar surface area (TPSA) is 78.5 Å². The van der Waals surface area contributed by atoms with Gasteiger partial charge in [0.15, 0.2) is 0 Å². The number of carbonyl (C=O) groups excluding carboxylic acids is 3. The summed E-state index contributed by atoms with van der Waals surface area (Å²) < 4.78 is 0. The molecule has 1 saturated heterocycles. The van der Waals surface area contributed by atoms with Crippen molar-refractivity contribution in [3.8, 4) is 0 Å². The van der Waals surface area contributed by atoms with E-state index in [0.29, 0.717) is 12.3 Å². The Morgan fingerprint density at radius 1 is 1.15 bits per heavy atom. The lowest BCUT2D eigenvalue weighted by Crippen LogP contribution is -2.61. The van der Waals surface area contributed by atoms with E-state index in [2.05, 4.69) is 24.5 Å². The average molecular weight is 376 g/mol. The van der Waals surface area contributed by atoms with Crippen molar-refractivity contribution in [3.05, 3.63) is 0 Å². The Kier molecular flexibility index (Phi) is 4.51. The normalized spacial score (nSPS) is 40.0. The highest BCUT2D eigenvalue weighted by atomic mass is 16.2. The number of hydrogen-bond donors (Lipinski definition) is 2. The molecule has 0 aromatic carbocycles. The zero-order valence-corrected chi connectivity index (χ0v) is 16.8. The van der Waals surface area contributed by atoms with Crippen molar-refractivity contribution in [3.63, 3.8) is 0 Å². The Hall–Kier alpha value is -1.59. The van der Waals surface area contributed by atoms with Gasteiger partial charge in [0.25, 0.3) is 5.91 Å². The van der Waals surface area contributed by atoms with Gasteiger partial charge in [0, 0.05) is 5.54 Å². The number of urea groups is 1. The molecule has 0 unspecified atom stereocenters. The molecule has 5 fully saturated rings. The third-order valence-electron chi connectivity index (χ3n) is 7.31. The third-order valence-corrected chi connectivity index (χ3v) is 7.31. The lowest BCUT2D eigenvalue weighted by atomic mass is 9.53. The van der Waals surface area contributed by atoms with Crippen molar-refractivity contribution in [2.45, 2.75) is 83.2 Å². The van der Waals surface area contributed by atoms with Crippen molar-refractivity contribution >= 4 is 17.8 Å². The summed E-state index contributed by atoms with van der Waals surface area (Å²) in [4.78, 5) is 39.0. The maximum absolute atomic E-state index is 12.8. The van der Waals surface area contributed by atoms with Gasteiger partial charge in [-0.2, -0.15) is 0 Å². The highest BCUT2D eigenvalue weighted by Gasteiger charge is 2.52. The number of amides is 4. The molecule has 6 nitrogen and oxygen atoms in total. The van der Waals surface area contributed by atoms with Crippen molar-refractivity contribution in [2.24, 2.45) is 23.7 Å². The van der Waals surface area contributed by atoms with Crippen LogP contribution in [0, 0.1) is 23.7 Å². The van der Waals surface area contributed by atoms with Crippen LogP contribution in [0.3, 0.4) is 0 Å². The predicted molar refractivity (Wildman–Crippen MR) is 102 cm³/mol. The van der Waals surface area contributed by atoms with Gasteiger partial charge in [0.05, 0.1) is 0 Å². The number of nitrogens with zero attached hydrogens (tertiary/aromatic N) is 1. The van der Waals surface area contributed by atoms with Gasteiger partial charge in [-0.15, -0.1) is 0 Å². The monoisotopic (exact) mass is 375 g/mol. The lowest BCUT2D eigenvalue weighted by Gasteiger charge is -2.56. The molecule has 1 atom stereocenters. The Balaban J connectivity index is 1.38. The van der Waals surface area contributed by atoms with Gasteiger partial charge in [-0.05, 0) is 82.0 Å². The third kappa shape index (κ3) is 3.47. The molecule has 1 heterocycles. The summed E-state index contributed by atoms with van der Waals surface area (Å²) >= 11 is 0. The number of rotatable bonds is 6. The molecule has 2 N–H and O–H groups in total. The van der Waals surface area contributed by atoms with Gasteiger partial charge in [0.2, 0.25) is 5.91 Å². The molecule has 1 aliphatic heterocycles. The molecule has 4 amide bonds. The van der Waals surface area contributed by atoms with Gasteiger partial charge in [0.1, 0.15) is 12.1 Å². The molecule has 0 spiro atoms. The first-order valence-electron chi connectivity index (χ1n) is 10.6. The van der Waals surface area contributed by atoms with E-state index in [1.165, 1.54) is 19.3 Å². The van der Waals surface area contributed by atoms with E-state index in [-0.39, 0.29) is 23.9 Å². The molecule has 5 aliphatic rings. The van der Waals surface area contributed by atoms with Gasteiger partial charge >= 0.3 is 6.03 Å². The first-order valence-corrected chi connectivity index (χ1v) is 10.6. The molecule has 0 aromatic heterocycles. The van der Waals surface area contributed by atoms with E-state index in [1.54, 1.807) is 6.92 Å². The standard InChI is InChI=1S/C21H33N3O3/c1-13(2)4-5-20(3)18(26)24(19(27)23-20)12-17(25)22-21-9-14-6-15(10-21)8-16(7-14)11-21/h13-16H,4-12H2,1-3H3,(H,22,25)(H,23,27)/t14?,15?,16?,20-,21?/m1/s1. The van der Waals surface area contributed by atoms with E-state index in [4.69, 9.17) is 0 Å². The first kappa shape index (κ1) is 18.8. The van der Waals surface area contributed by atoms with Crippen LogP contribution in [0.25, 0.3) is 0 Å². The highest BCUT2D eigenvalue weighted by molar-refractivity contribution is 6.08. The Morgan fingerprint density at radius 2 is 1.70 bits per heavy atom. The van der Waals surface area contributed by atoms with Crippen LogP contribution in [0.1, 0.15) is 72.1 Å². The van der Waals surface area contributed by atoms with E-state index >= 15 is 0 Å². The van der Waals surface area contributed by atoms with Gasteiger partial charge in [-0.25, -0.2) is 4.79 Å². The summed E-state index contributed by atoms with van der Waals surface area (Å²) in [6.45, 7) is 5.80. The van der Waals surface area contributed by atoms with Gasteiger partial charge < -0.3 is 10.6 Å². The van der Waals surface area contributed by atoms with Crippen molar-refractivity contribution < 1.29 is 14.4 Å². The summed E-state index contributed by atoms with van der Waals surface area (Å²) in [5.41, 5.74) is -0.978. The van der Waals surface area contributed by atoms with Crippen LogP contribution in [0.2, 0.25) is 0 Å². The molecule has 0 radical (unpaired) electrons. The van der Waals surface area contributed by atoms with Crippen molar-refractivity contribution in [1.29, 1.82) is 0 Å². The van der Waals surface area contributed by atoms with Crippen LogP contribution in [-0.2, 0) is 9.59 Å². The Morgan fingerprint density at radius 3 is 2.22 bits per heavy atom. The minimum absolute atomic E-state index is 0.0912. The minimum atomic E-state index is -0.887. The number of carbonyl (C=O) groups is 3. The second-order valence-corrected chi connectivity index (χ2v) is 10.3. The molecule has 150 valence electrons. The molecule has 6 heteroatoms. The maximum atomic E-state index is 12.8. The van der Waals surface area contributed by atoms with Crippen LogP contribution < -0.4 is 10.6 Å². The molecule has 27 heavy (non-hydrogen) atoms. The second kappa shape index (κ2) is 6.49. The van der Waals surface area contributed by atoms with E-state index in [0.717, 1.165) is 48.3 Å². The summed E-state index contributed by atoms with van der Waals surface area (Å²) in [6, 6.07) is -0.438. The summed E-state index contributed by atoms with van der Waals surface area (Å²) in [5.74, 6) is 2.23. The SMILES string of the molecule is CC(C)CC[C@@]1(C)NC(=O)N(CC(=O)NC23CC4CC(CC(C4)C2)C3)C1=O. The Labute approximate surface area is 161 Å². The quantitative estimate of drug-likeness (QED) is 0.701. The molecular weight excluding hydrogens is 342 g/mol. The summed E-state index contributed by atoms with van der Waals surface area (Å²) in [7, 11) is 0. The molecule has 0 aromatic rings. The average Bonchev–Trinajstić information content (AvgIpc) is 2.75. The van der Waals surface area contributed by atoms with E-state index < -0.39 is 11.6 Å². The maximum Gasteiger partial charge on any atom is 0.325 e. The van der Waals surface area contributed by atoms with Crippen LogP contribution >= 0.6 is 0 Å². The second-order valence-electron chi connectivity index (χ2n) is 10.3. The van der Waals surface area contributed by atoms with Crippen LogP contribution in [-0.4, -0.2) is 40.4 Å². The zero-order valence-electron chi connectivity index (χ0n) is 16.8. The molecule has 4 aliphatic carbocycles. The molecule has 4 saturated carbocycles. The molecular formula is C21H33N3O3. The number of imide groups is 1. The summed E-state index contributed by atoms with van der Waals surface area (Å²) in [6.07, 6.45) is 8.60. The van der Waals surface area contributed by atoms with Crippen LogP contribution in [0.5, 0.6) is 0 Å². The fourth-order valence-corrected chi connectivity index (χ4v) is 6.38. The lowest BCUT2D eigenvalue weighted by molar-refractivity contribution is -0.136. The van der Waals surface area contributed by atoms with E-state index in [9.17, 15) is 14.4 Å². The highest BCUT2D eigenvalue weighted by Crippen LogP contribution is 2.55. The number of nitrogens with one attached hydrogen (secondary N) is 2. The van der Waals surface area contributed by atoms with Crippen molar-refractivity contribution in [2.75, 3.05) is 6.54 Å². The molecule has 5 rings (SSSR count). The Bertz CT molecular complexity index is 624. The predicted octanol–water partition coefficient (Wildman–Crippen LogP) is 2.82. The summed E-state index contributed by atoms with van der Waals surface area (Å²) in [5, 5.41) is 6.07. The smallest absolute Gasteiger partial charge is 0.325 e. The number of hydrogen-bond acceptors (Lipinski definition) is 3.